The van der Waals surface area contributed by atoms with Crippen LogP contribution in [0, 0.1) is 0 Å². The van der Waals surface area contributed by atoms with Crippen molar-refractivity contribution in [3.8, 4) is 0 Å². The Morgan fingerprint density at radius 2 is 1.67 bits per heavy atom. The van der Waals surface area contributed by atoms with Crippen LogP contribution in [0.1, 0.15) is 6.42 Å². The molecule has 0 heterocycles. The smallest absolute Gasteiger partial charge is 0.226 e. The number of carbonyl (C=O) groups is 1. The molecule has 0 aliphatic carbocycles. The largest absolute Gasteiger partial charge is 0.384 e. The minimum Gasteiger partial charge on any atom is -0.384 e. The second kappa shape index (κ2) is 7.55. The topological polar surface area (TPSA) is 41.1 Å². The third kappa shape index (κ3) is 5.12. The standard InChI is InChI=1S/C15H13Cl3N2O/c16-10-7-11(17)9-12(8-10)19-6-5-15(21)20-14-4-2-1-3-13(14)18/h1-4,7-9,19H,5-6H2,(H,20,21). The molecule has 2 N–H and O–H groups in total. The first-order valence-electron chi connectivity index (χ1n) is 6.29. The molecule has 0 atom stereocenters. The molecule has 0 aliphatic rings. The molecule has 110 valence electrons. The van der Waals surface area contributed by atoms with Gasteiger partial charge in [0.05, 0.1) is 10.7 Å². The van der Waals surface area contributed by atoms with Gasteiger partial charge in [0.15, 0.2) is 0 Å². The Morgan fingerprint density at radius 3 is 2.33 bits per heavy atom. The summed E-state index contributed by atoms with van der Waals surface area (Å²) in [5.74, 6) is -0.122. The van der Waals surface area contributed by atoms with E-state index in [-0.39, 0.29) is 5.91 Å². The van der Waals surface area contributed by atoms with E-state index in [4.69, 9.17) is 34.8 Å². The number of anilines is 2. The Bertz CT molecular complexity index is 626. The minimum atomic E-state index is -0.122. The lowest BCUT2D eigenvalue weighted by molar-refractivity contribution is -0.115. The second-order valence-corrected chi connectivity index (χ2v) is 5.64. The van der Waals surface area contributed by atoms with Gasteiger partial charge in [-0.2, -0.15) is 0 Å². The highest BCUT2D eigenvalue weighted by Crippen LogP contribution is 2.23. The Balaban J connectivity index is 1.83. The van der Waals surface area contributed by atoms with Crippen LogP contribution in [-0.2, 0) is 4.79 Å². The minimum absolute atomic E-state index is 0.122. The first-order chi connectivity index (χ1) is 10.0. The summed E-state index contributed by atoms with van der Waals surface area (Å²) in [6, 6.07) is 12.3. The van der Waals surface area contributed by atoms with Crippen molar-refractivity contribution in [3.05, 3.63) is 57.5 Å². The van der Waals surface area contributed by atoms with Crippen LogP contribution in [0.5, 0.6) is 0 Å². The highest BCUT2D eigenvalue weighted by molar-refractivity contribution is 6.35. The summed E-state index contributed by atoms with van der Waals surface area (Å²) in [4.78, 5) is 11.8. The summed E-state index contributed by atoms with van der Waals surface area (Å²) in [7, 11) is 0. The number of halogens is 3. The molecular weight excluding hydrogens is 331 g/mol. The molecule has 21 heavy (non-hydrogen) atoms. The number of nitrogens with one attached hydrogen (secondary N) is 2. The van der Waals surface area contributed by atoms with Gasteiger partial charge >= 0.3 is 0 Å². The summed E-state index contributed by atoms with van der Waals surface area (Å²) < 4.78 is 0. The van der Waals surface area contributed by atoms with Gasteiger partial charge in [-0.3, -0.25) is 4.79 Å². The molecule has 0 unspecified atom stereocenters. The van der Waals surface area contributed by atoms with Gasteiger partial charge in [0.2, 0.25) is 5.91 Å². The maximum absolute atomic E-state index is 11.8. The monoisotopic (exact) mass is 342 g/mol. The molecule has 0 aliphatic heterocycles. The Morgan fingerprint density at radius 1 is 1.00 bits per heavy atom. The van der Waals surface area contributed by atoms with E-state index in [2.05, 4.69) is 10.6 Å². The number of carbonyl (C=O) groups excluding carboxylic acids is 1. The number of amides is 1. The van der Waals surface area contributed by atoms with Gasteiger partial charge in [0.1, 0.15) is 0 Å². The van der Waals surface area contributed by atoms with E-state index < -0.39 is 0 Å². The highest BCUT2D eigenvalue weighted by atomic mass is 35.5. The molecule has 3 nitrogen and oxygen atoms in total. The van der Waals surface area contributed by atoms with Gasteiger partial charge in [0.25, 0.3) is 0 Å². The van der Waals surface area contributed by atoms with Gasteiger partial charge < -0.3 is 10.6 Å². The van der Waals surface area contributed by atoms with E-state index in [1.165, 1.54) is 0 Å². The molecule has 0 spiro atoms. The first kappa shape index (κ1) is 16.0. The van der Waals surface area contributed by atoms with Crippen molar-refractivity contribution in [3.63, 3.8) is 0 Å². The van der Waals surface area contributed by atoms with Gasteiger partial charge in [-0.15, -0.1) is 0 Å². The van der Waals surface area contributed by atoms with Gasteiger partial charge in [-0.1, -0.05) is 46.9 Å². The quantitative estimate of drug-likeness (QED) is 0.794. The van der Waals surface area contributed by atoms with Crippen LogP contribution < -0.4 is 10.6 Å². The van der Waals surface area contributed by atoms with Crippen molar-refractivity contribution in [2.75, 3.05) is 17.2 Å². The number of hydrogen-bond acceptors (Lipinski definition) is 2. The van der Waals surface area contributed by atoms with Crippen molar-refractivity contribution >= 4 is 52.1 Å². The summed E-state index contributed by atoms with van der Waals surface area (Å²) in [5, 5.41) is 7.46. The van der Waals surface area contributed by atoms with Crippen molar-refractivity contribution in [1.82, 2.24) is 0 Å². The van der Waals surface area contributed by atoms with Crippen molar-refractivity contribution in [2.24, 2.45) is 0 Å². The fourth-order valence-electron chi connectivity index (χ4n) is 1.75. The van der Waals surface area contributed by atoms with Crippen LogP contribution in [-0.4, -0.2) is 12.5 Å². The zero-order chi connectivity index (χ0) is 15.2. The van der Waals surface area contributed by atoms with Crippen LogP contribution in [0.4, 0.5) is 11.4 Å². The van der Waals surface area contributed by atoms with Gasteiger partial charge in [-0.05, 0) is 30.3 Å². The number of benzene rings is 2. The van der Waals surface area contributed by atoms with Crippen molar-refractivity contribution < 1.29 is 4.79 Å². The first-order valence-corrected chi connectivity index (χ1v) is 7.42. The Hall–Kier alpha value is -1.42. The lowest BCUT2D eigenvalue weighted by Crippen LogP contribution is -2.16. The summed E-state index contributed by atoms with van der Waals surface area (Å²) in [6.07, 6.45) is 0.301. The SMILES string of the molecule is O=C(CCNc1cc(Cl)cc(Cl)c1)Nc1ccccc1Cl. The third-order valence-corrected chi connectivity index (χ3v) is 3.46. The van der Waals surface area contributed by atoms with Crippen LogP contribution in [0.25, 0.3) is 0 Å². The predicted octanol–water partition coefficient (Wildman–Crippen LogP) is 5.09. The third-order valence-electron chi connectivity index (χ3n) is 2.69. The van der Waals surface area contributed by atoms with Crippen molar-refractivity contribution in [2.45, 2.75) is 6.42 Å². The van der Waals surface area contributed by atoms with Gasteiger partial charge in [0, 0.05) is 28.7 Å². The van der Waals surface area contributed by atoms with E-state index in [1.54, 1.807) is 30.3 Å². The van der Waals surface area contributed by atoms with Crippen LogP contribution in [0.15, 0.2) is 42.5 Å². The van der Waals surface area contributed by atoms with Crippen LogP contribution in [0.3, 0.4) is 0 Å². The average molecular weight is 344 g/mol. The molecule has 2 aromatic rings. The number of rotatable bonds is 5. The molecule has 2 rings (SSSR count). The molecule has 0 radical (unpaired) electrons. The summed E-state index contributed by atoms with van der Waals surface area (Å²) in [6.45, 7) is 0.465. The fourth-order valence-corrected chi connectivity index (χ4v) is 2.46. The zero-order valence-electron chi connectivity index (χ0n) is 11.0. The number of para-hydroxylation sites is 1. The highest BCUT2D eigenvalue weighted by Gasteiger charge is 2.05. The lowest BCUT2D eigenvalue weighted by Gasteiger charge is -2.09. The van der Waals surface area contributed by atoms with Crippen LogP contribution in [0.2, 0.25) is 15.1 Å². The molecule has 0 bridgehead atoms. The van der Waals surface area contributed by atoms with E-state index in [0.717, 1.165) is 5.69 Å². The number of hydrogen-bond donors (Lipinski definition) is 2. The normalized spacial score (nSPS) is 10.2. The second-order valence-electron chi connectivity index (χ2n) is 4.36. The van der Waals surface area contributed by atoms with Gasteiger partial charge in [-0.25, -0.2) is 0 Å². The van der Waals surface area contributed by atoms with Crippen LogP contribution >= 0.6 is 34.8 Å². The molecule has 0 aromatic heterocycles. The molecule has 2 aromatic carbocycles. The van der Waals surface area contributed by atoms with E-state index in [1.807, 2.05) is 12.1 Å². The van der Waals surface area contributed by atoms with Crippen molar-refractivity contribution in [1.29, 1.82) is 0 Å². The fraction of sp³-hybridized carbons (Fsp3) is 0.133. The molecule has 0 fully saturated rings. The molecule has 0 saturated heterocycles. The average Bonchev–Trinajstić information content (AvgIpc) is 2.40. The Kier molecular flexibility index (Phi) is 5.74. The lowest BCUT2D eigenvalue weighted by atomic mass is 10.3. The molecule has 6 heteroatoms. The maximum atomic E-state index is 11.8. The predicted molar refractivity (Wildman–Crippen MR) is 89.7 cm³/mol. The molecule has 1 amide bonds. The maximum Gasteiger partial charge on any atom is 0.226 e. The van der Waals surface area contributed by atoms with E-state index in [9.17, 15) is 4.79 Å². The summed E-state index contributed by atoms with van der Waals surface area (Å²) >= 11 is 17.8. The van der Waals surface area contributed by atoms with E-state index >= 15 is 0 Å². The molecule has 0 saturated carbocycles. The Labute approximate surface area is 138 Å². The molecular formula is C15H13Cl3N2O. The van der Waals surface area contributed by atoms with E-state index in [0.29, 0.717) is 33.7 Å². The summed E-state index contributed by atoms with van der Waals surface area (Å²) in [5.41, 5.74) is 1.38. The zero-order valence-corrected chi connectivity index (χ0v) is 13.3.